The molecule has 1 fully saturated rings. The SMILES string of the molecule is CC(C)c1cc(C(=O)N2CCOCC2C)cnc1C(C)C. The van der Waals surface area contributed by atoms with Crippen LogP contribution in [0.25, 0.3) is 0 Å². The first-order valence-electron chi connectivity index (χ1n) is 7.80. The van der Waals surface area contributed by atoms with E-state index in [0.29, 0.717) is 37.2 Å². The van der Waals surface area contributed by atoms with Crippen molar-refractivity contribution in [1.29, 1.82) is 0 Å². The maximum Gasteiger partial charge on any atom is 0.255 e. The molecule has 2 heterocycles. The summed E-state index contributed by atoms with van der Waals surface area (Å²) in [6, 6.07) is 2.15. The van der Waals surface area contributed by atoms with Crippen LogP contribution in [0.3, 0.4) is 0 Å². The summed E-state index contributed by atoms with van der Waals surface area (Å²) >= 11 is 0. The van der Waals surface area contributed by atoms with Crippen molar-refractivity contribution in [2.24, 2.45) is 0 Å². The van der Waals surface area contributed by atoms with Crippen LogP contribution in [0, 0.1) is 0 Å². The molecule has 1 amide bonds. The van der Waals surface area contributed by atoms with Crippen molar-refractivity contribution >= 4 is 5.91 Å². The van der Waals surface area contributed by atoms with Crippen molar-refractivity contribution in [2.45, 2.75) is 52.5 Å². The average molecular weight is 290 g/mol. The van der Waals surface area contributed by atoms with Crippen molar-refractivity contribution in [1.82, 2.24) is 9.88 Å². The molecular formula is C17H26N2O2. The molecule has 2 rings (SSSR count). The highest BCUT2D eigenvalue weighted by Gasteiger charge is 2.26. The molecular weight excluding hydrogens is 264 g/mol. The van der Waals surface area contributed by atoms with Crippen LogP contribution in [0.1, 0.15) is 68.1 Å². The second-order valence-electron chi connectivity index (χ2n) is 6.43. The molecule has 0 aromatic carbocycles. The van der Waals surface area contributed by atoms with Crippen LogP contribution in [-0.2, 0) is 4.74 Å². The Hall–Kier alpha value is -1.42. The van der Waals surface area contributed by atoms with E-state index in [1.54, 1.807) is 6.20 Å². The van der Waals surface area contributed by atoms with E-state index in [-0.39, 0.29) is 11.9 Å². The van der Waals surface area contributed by atoms with Gasteiger partial charge < -0.3 is 9.64 Å². The van der Waals surface area contributed by atoms with E-state index in [2.05, 4.69) is 32.7 Å². The monoisotopic (exact) mass is 290 g/mol. The number of pyridine rings is 1. The Morgan fingerprint density at radius 2 is 2.05 bits per heavy atom. The number of hydrogen-bond acceptors (Lipinski definition) is 3. The number of carbonyl (C=O) groups is 1. The summed E-state index contributed by atoms with van der Waals surface area (Å²) < 4.78 is 5.40. The first-order chi connectivity index (χ1) is 9.91. The summed E-state index contributed by atoms with van der Waals surface area (Å²) in [5.74, 6) is 0.800. The molecule has 1 aliphatic heterocycles. The lowest BCUT2D eigenvalue weighted by molar-refractivity contribution is 0.00356. The molecule has 1 unspecified atom stereocenters. The Morgan fingerprint density at radius 1 is 1.33 bits per heavy atom. The molecule has 1 aromatic rings. The first-order valence-corrected chi connectivity index (χ1v) is 7.80. The lowest BCUT2D eigenvalue weighted by Gasteiger charge is -2.33. The minimum absolute atomic E-state index is 0.0653. The molecule has 21 heavy (non-hydrogen) atoms. The molecule has 0 saturated carbocycles. The number of hydrogen-bond donors (Lipinski definition) is 0. The zero-order chi connectivity index (χ0) is 15.6. The zero-order valence-corrected chi connectivity index (χ0v) is 13.7. The van der Waals surface area contributed by atoms with E-state index in [0.717, 1.165) is 5.69 Å². The third-order valence-electron chi connectivity index (χ3n) is 3.99. The number of amides is 1. The summed E-state index contributed by atoms with van der Waals surface area (Å²) in [5, 5.41) is 0. The second-order valence-corrected chi connectivity index (χ2v) is 6.43. The molecule has 1 aliphatic rings. The van der Waals surface area contributed by atoms with Gasteiger partial charge in [0.1, 0.15) is 0 Å². The summed E-state index contributed by atoms with van der Waals surface area (Å²) in [6.45, 7) is 12.5. The zero-order valence-electron chi connectivity index (χ0n) is 13.7. The highest BCUT2D eigenvalue weighted by Crippen LogP contribution is 2.25. The summed E-state index contributed by atoms with van der Waals surface area (Å²) in [6.07, 6.45) is 1.73. The molecule has 0 radical (unpaired) electrons. The van der Waals surface area contributed by atoms with Crippen LogP contribution >= 0.6 is 0 Å². The van der Waals surface area contributed by atoms with Crippen molar-refractivity contribution < 1.29 is 9.53 Å². The van der Waals surface area contributed by atoms with Gasteiger partial charge in [0.25, 0.3) is 5.91 Å². The van der Waals surface area contributed by atoms with Crippen LogP contribution in [0.2, 0.25) is 0 Å². The van der Waals surface area contributed by atoms with Crippen molar-refractivity contribution in [3.05, 3.63) is 29.1 Å². The normalized spacial score (nSPS) is 19.4. The quantitative estimate of drug-likeness (QED) is 0.858. The second kappa shape index (κ2) is 6.56. The Morgan fingerprint density at radius 3 is 2.62 bits per heavy atom. The minimum Gasteiger partial charge on any atom is -0.377 e. The molecule has 1 saturated heterocycles. The van der Waals surface area contributed by atoms with Crippen LogP contribution in [0.4, 0.5) is 0 Å². The van der Waals surface area contributed by atoms with Crippen LogP contribution in [-0.4, -0.2) is 41.6 Å². The highest BCUT2D eigenvalue weighted by molar-refractivity contribution is 5.94. The number of carbonyl (C=O) groups excluding carboxylic acids is 1. The van der Waals surface area contributed by atoms with Gasteiger partial charge in [0, 0.05) is 18.4 Å². The van der Waals surface area contributed by atoms with Gasteiger partial charge in [0.2, 0.25) is 0 Å². The summed E-state index contributed by atoms with van der Waals surface area (Å²) in [4.78, 5) is 19.1. The fourth-order valence-corrected chi connectivity index (χ4v) is 2.75. The Kier molecular flexibility index (Phi) is 4.99. The van der Waals surface area contributed by atoms with E-state index in [4.69, 9.17) is 4.74 Å². The Labute approximate surface area is 127 Å². The van der Waals surface area contributed by atoms with Gasteiger partial charge >= 0.3 is 0 Å². The fourth-order valence-electron chi connectivity index (χ4n) is 2.75. The standard InChI is InChI=1S/C17H26N2O2/c1-11(2)15-8-14(9-18-16(15)12(3)4)17(20)19-6-7-21-10-13(19)5/h8-9,11-13H,6-7,10H2,1-5H3. The number of morpholine rings is 1. The smallest absolute Gasteiger partial charge is 0.255 e. The topological polar surface area (TPSA) is 42.4 Å². The molecule has 116 valence electrons. The van der Waals surface area contributed by atoms with Gasteiger partial charge in [-0.05, 0) is 30.4 Å². The molecule has 1 atom stereocenters. The van der Waals surface area contributed by atoms with E-state index < -0.39 is 0 Å². The molecule has 4 heteroatoms. The van der Waals surface area contributed by atoms with Crippen molar-refractivity contribution in [3.8, 4) is 0 Å². The predicted octanol–water partition coefficient (Wildman–Crippen LogP) is 3.19. The molecule has 0 bridgehead atoms. The maximum absolute atomic E-state index is 12.7. The average Bonchev–Trinajstić information content (AvgIpc) is 2.46. The number of aromatic nitrogens is 1. The fraction of sp³-hybridized carbons (Fsp3) is 0.647. The summed E-state index contributed by atoms with van der Waals surface area (Å²) in [7, 11) is 0. The predicted molar refractivity (Wildman–Crippen MR) is 83.7 cm³/mol. The Bertz CT molecular complexity index is 512. The van der Waals surface area contributed by atoms with Gasteiger partial charge in [0.15, 0.2) is 0 Å². The van der Waals surface area contributed by atoms with Crippen molar-refractivity contribution in [3.63, 3.8) is 0 Å². The largest absolute Gasteiger partial charge is 0.377 e. The first kappa shape index (κ1) is 16.0. The maximum atomic E-state index is 12.7. The minimum atomic E-state index is 0.0653. The van der Waals surface area contributed by atoms with E-state index in [1.807, 2.05) is 17.9 Å². The third-order valence-corrected chi connectivity index (χ3v) is 3.99. The van der Waals surface area contributed by atoms with Crippen molar-refractivity contribution in [2.75, 3.05) is 19.8 Å². The van der Waals surface area contributed by atoms with E-state index in [1.165, 1.54) is 5.56 Å². The molecule has 0 N–H and O–H groups in total. The van der Waals surface area contributed by atoms with Gasteiger partial charge in [0.05, 0.1) is 24.8 Å². The van der Waals surface area contributed by atoms with Gasteiger partial charge in [-0.3, -0.25) is 9.78 Å². The van der Waals surface area contributed by atoms with Gasteiger partial charge in [-0.1, -0.05) is 27.7 Å². The molecule has 0 aliphatic carbocycles. The van der Waals surface area contributed by atoms with Gasteiger partial charge in [-0.15, -0.1) is 0 Å². The van der Waals surface area contributed by atoms with Crippen LogP contribution < -0.4 is 0 Å². The van der Waals surface area contributed by atoms with Crippen LogP contribution in [0.15, 0.2) is 12.3 Å². The highest BCUT2D eigenvalue weighted by atomic mass is 16.5. The number of ether oxygens (including phenoxy) is 1. The van der Waals surface area contributed by atoms with Crippen LogP contribution in [0.5, 0.6) is 0 Å². The van der Waals surface area contributed by atoms with E-state index in [9.17, 15) is 4.79 Å². The Balaban J connectivity index is 2.31. The van der Waals surface area contributed by atoms with E-state index >= 15 is 0 Å². The van der Waals surface area contributed by atoms with Gasteiger partial charge in [-0.25, -0.2) is 0 Å². The number of rotatable bonds is 3. The third kappa shape index (κ3) is 3.43. The summed E-state index contributed by atoms with van der Waals surface area (Å²) in [5.41, 5.74) is 2.96. The lowest BCUT2D eigenvalue weighted by Crippen LogP contribution is -2.47. The molecule has 0 spiro atoms. The molecule has 1 aromatic heterocycles. The lowest BCUT2D eigenvalue weighted by atomic mass is 9.94. The molecule has 4 nitrogen and oxygen atoms in total. The number of nitrogens with zero attached hydrogens (tertiary/aromatic N) is 2. The van der Waals surface area contributed by atoms with Gasteiger partial charge in [-0.2, -0.15) is 0 Å².